The normalized spacial score (nSPS) is 15.4. The highest BCUT2D eigenvalue weighted by Crippen LogP contribution is 2.29. The number of aryl methyl sites for hydroxylation is 1. The molecule has 0 bridgehead atoms. The van der Waals surface area contributed by atoms with Crippen molar-refractivity contribution in [3.8, 4) is 17.4 Å². The number of benzene rings is 2. The maximum Gasteiger partial charge on any atom is 0.258 e. The summed E-state index contributed by atoms with van der Waals surface area (Å²) in [7, 11) is 0. The van der Waals surface area contributed by atoms with Gasteiger partial charge in [0.1, 0.15) is 11.5 Å². The second-order valence-corrected chi connectivity index (χ2v) is 6.74. The fraction of sp³-hybridized carbons (Fsp3) is 0.217. The monoisotopic (exact) mass is 374 g/mol. The molecule has 1 aliphatic carbocycles. The third kappa shape index (κ3) is 4.49. The maximum absolute atomic E-state index is 12.3. The number of nitrogens with zero attached hydrogens (tertiary/aromatic N) is 1. The van der Waals surface area contributed by atoms with Gasteiger partial charge in [-0.25, -0.2) is 4.98 Å². The van der Waals surface area contributed by atoms with Gasteiger partial charge in [-0.05, 0) is 60.7 Å². The zero-order chi connectivity index (χ0) is 19.2. The van der Waals surface area contributed by atoms with Crippen molar-refractivity contribution >= 4 is 5.91 Å². The van der Waals surface area contributed by atoms with E-state index in [9.17, 15) is 4.79 Å². The minimum Gasteiger partial charge on any atom is -0.484 e. The van der Waals surface area contributed by atoms with E-state index in [2.05, 4.69) is 22.4 Å². The van der Waals surface area contributed by atoms with Crippen LogP contribution in [-0.2, 0) is 11.2 Å². The summed E-state index contributed by atoms with van der Waals surface area (Å²) >= 11 is 0. The quantitative estimate of drug-likeness (QED) is 0.693. The molecule has 1 amide bonds. The topological polar surface area (TPSA) is 60.5 Å². The van der Waals surface area contributed by atoms with Crippen LogP contribution < -0.4 is 14.8 Å². The van der Waals surface area contributed by atoms with Crippen LogP contribution in [0.3, 0.4) is 0 Å². The summed E-state index contributed by atoms with van der Waals surface area (Å²) in [5, 5.41) is 3.09. The average molecular weight is 374 g/mol. The molecule has 142 valence electrons. The van der Waals surface area contributed by atoms with Crippen LogP contribution in [0.25, 0.3) is 0 Å². The summed E-state index contributed by atoms with van der Waals surface area (Å²) in [5.74, 6) is 1.70. The van der Waals surface area contributed by atoms with E-state index in [1.807, 2.05) is 24.3 Å². The molecule has 0 saturated carbocycles. The van der Waals surface area contributed by atoms with E-state index in [1.54, 1.807) is 36.5 Å². The molecule has 3 aromatic rings. The molecule has 1 atom stereocenters. The number of ether oxygens (including phenoxy) is 2. The molecule has 1 heterocycles. The van der Waals surface area contributed by atoms with Gasteiger partial charge in [-0.3, -0.25) is 4.79 Å². The minimum absolute atomic E-state index is 0.0148. The first kappa shape index (κ1) is 18.0. The lowest BCUT2D eigenvalue weighted by molar-refractivity contribution is -0.123. The molecule has 0 aliphatic heterocycles. The van der Waals surface area contributed by atoms with Crippen molar-refractivity contribution < 1.29 is 14.3 Å². The predicted octanol–water partition coefficient (Wildman–Crippen LogP) is 4.45. The molecule has 1 aromatic heterocycles. The third-order valence-electron chi connectivity index (χ3n) is 4.76. The summed E-state index contributed by atoms with van der Waals surface area (Å²) in [4.78, 5) is 16.5. The van der Waals surface area contributed by atoms with Crippen molar-refractivity contribution in [3.05, 3.63) is 84.1 Å². The minimum atomic E-state index is -0.115. The van der Waals surface area contributed by atoms with Gasteiger partial charge < -0.3 is 14.8 Å². The summed E-state index contributed by atoms with van der Waals surface area (Å²) in [6, 6.07) is 21.0. The predicted molar refractivity (Wildman–Crippen MR) is 107 cm³/mol. The Bertz CT molecular complexity index is 926. The van der Waals surface area contributed by atoms with Crippen LogP contribution in [0.2, 0.25) is 0 Å². The first-order valence-electron chi connectivity index (χ1n) is 9.47. The van der Waals surface area contributed by atoms with Gasteiger partial charge in [-0.15, -0.1) is 0 Å². The average Bonchev–Trinajstić information content (AvgIpc) is 2.74. The van der Waals surface area contributed by atoms with E-state index in [-0.39, 0.29) is 18.6 Å². The zero-order valence-corrected chi connectivity index (χ0v) is 15.5. The number of rotatable bonds is 6. The van der Waals surface area contributed by atoms with Crippen molar-refractivity contribution in [3.63, 3.8) is 0 Å². The Morgan fingerprint density at radius 2 is 1.79 bits per heavy atom. The fourth-order valence-electron chi connectivity index (χ4n) is 3.42. The highest BCUT2D eigenvalue weighted by molar-refractivity contribution is 5.78. The van der Waals surface area contributed by atoms with E-state index in [4.69, 9.17) is 9.47 Å². The standard InChI is InChI=1S/C23H22N2O3/c26-22(25-21-9-5-7-17-6-1-2-8-20(17)21)16-27-18-11-13-19(14-12-18)28-23-10-3-4-15-24-23/h1-4,6,8,10-15,21H,5,7,9,16H2,(H,25,26). The van der Waals surface area contributed by atoms with Crippen LogP contribution in [0, 0.1) is 0 Å². The van der Waals surface area contributed by atoms with Crippen molar-refractivity contribution in [2.75, 3.05) is 6.61 Å². The molecule has 2 aromatic carbocycles. The molecular weight excluding hydrogens is 352 g/mol. The fourth-order valence-corrected chi connectivity index (χ4v) is 3.42. The van der Waals surface area contributed by atoms with Crippen molar-refractivity contribution in [1.82, 2.24) is 10.3 Å². The van der Waals surface area contributed by atoms with Gasteiger partial charge in [0.25, 0.3) is 5.91 Å². The lowest BCUT2D eigenvalue weighted by atomic mass is 9.88. The molecule has 1 unspecified atom stereocenters. The Morgan fingerprint density at radius 1 is 1.00 bits per heavy atom. The van der Waals surface area contributed by atoms with Gasteiger partial charge in [0.05, 0.1) is 6.04 Å². The first-order valence-corrected chi connectivity index (χ1v) is 9.47. The lowest BCUT2D eigenvalue weighted by Crippen LogP contribution is -2.34. The Morgan fingerprint density at radius 3 is 2.61 bits per heavy atom. The molecule has 0 saturated heterocycles. The first-order chi connectivity index (χ1) is 13.8. The van der Waals surface area contributed by atoms with Crippen molar-refractivity contribution in [2.45, 2.75) is 25.3 Å². The SMILES string of the molecule is O=C(COc1ccc(Oc2ccccn2)cc1)NC1CCCc2ccccc21. The molecule has 1 N–H and O–H groups in total. The van der Waals surface area contributed by atoms with E-state index in [0.717, 1.165) is 19.3 Å². The van der Waals surface area contributed by atoms with Gasteiger partial charge in [-0.2, -0.15) is 0 Å². The van der Waals surface area contributed by atoms with Gasteiger partial charge in [0, 0.05) is 12.3 Å². The summed E-state index contributed by atoms with van der Waals surface area (Å²) in [6.07, 6.45) is 4.80. The molecular formula is C23H22N2O3. The van der Waals surface area contributed by atoms with Gasteiger partial charge in [0.2, 0.25) is 5.88 Å². The highest BCUT2D eigenvalue weighted by Gasteiger charge is 2.21. The van der Waals surface area contributed by atoms with Crippen LogP contribution >= 0.6 is 0 Å². The van der Waals surface area contributed by atoms with Crippen molar-refractivity contribution in [2.24, 2.45) is 0 Å². The molecule has 0 fully saturated rings. The Labute approximate surface area is 164 Å². The third-order valence-corrected chi connectivity index (χ3v) is 4.76. The van der Waals surface area contributed by atoms with Crippen LogP contribution in [-0.4, -0.2) is 17.5 Å². The molecule has 0 spiro atoms. The summed E-state index contributed by atoms with van der Waals surface area (Å²) < 4.78 is 11.3. The number of amides is 1. The molecule has 28 heavy (non-hydrogen) atoms. The lowest BCUT2D eigenvalue weighted by Gasteiger charge is -2.26. The van der Waals surface area contributed by atoms with Crippen LogP contribution in [0.4, 0.5) is 0 Å². The van der Waals surface area contributed by atoms with E-state index in [1.165, 1.54) is 11.1 Å². The summed E-state index contributed by atoms with van der Waals surface area (Å²) in [5.41, 5.74) is 2.54. The van der Waals surface area contributed by atoms with Crippen LogP contribution in [0.1, 0.15) is 30.0 Å². The Kier molecular flexibility index (Phi) is 5.52. The number of pyridine rings is 1. The Hall–Kier alpha value is -3.34. The number of fused-ring (bicyclic) bond motifs is 1. The molecule has 4 rings (SSSR count). The van der Waals surface area contributed by atoms with E-state index >= 15 is 0 Å². The Balaban J connectivity index is 1.29. The van der Waals surface area contributed by atoms with Gasteiger partial charge in [-0.1, -0.05) is 30.3 Å². The van der Waals surface area contributed by atoms with E-state index < -0.39 is 0 Å². The number of hydrogen-bond donors (Lipinski definition) is 1. The second kappa shape index (κ2) is 8.57. The largest absolute Gasteiger partial charge is 0.484 e. The summed E-state index contributed by atoms with van der Waals surface area (Å²) in [6.45, 7) is -0.0148. The zero-order valence-electron chi connectivity index (χ0n) is 15.5. The number of hydrogen-bond acceptors (Lipinski definition) is 4. The smallest absolute Gasteiger partial charge is 0.258 e. The molecule has 5 nitrogen and oxygen atoms in total. The highest BCUT2D eigenvalue weighted by atomic mass is 16.5. The number of carbonyl (C=O) groups is 1. The van der Waals surface area contributed by atoms with E-state index in [0.29, 0.717) is 17.4 Å². The molecule has 1 aliphatic rings. The number of nitrogens with one attached hydrogen (secondary N) is 1. The maximum atomic E-state index is 12.3. The van der Waals surface area contributed by atoms with Crippen LogP contribution in [0.5, 0.6) is 17.4 Å². The second-order valence-electron chi connectivity index (χ2n) is 6.74. The van der Waals surface area contributed by atoms with Crippen molar-refractivity contribution in [1.29, 1.82) is 0 Å². The molecule has 5 heteroatoms. The molecule has 0 radical (unpaired) electrons. The van der Waals surface area contributed by atoms with Gasteiger partial charge in [0.15, 0.2) is 6.61 Å². The van der Waals surface area contributed by atoms with Gasteiger partial charge >= 0.3 is 0 Å². The number of aromatic nitrogens is 1. The number of carbonyl (C=O) groups excluding carboxylic acids is 1. The van der Waals surface area contributed by atoms with Crippen LogP contribution in [0.15, 0.2) is 72.9 Å².